The van der Waals surface area contributed by atoms with Crippen molar-refractivity contribution in [2.24, 2.45) is 7.05 Å². The van der Waals surface area contributed by atoms with E-state index >= 15 is 0 Å². The van der Waals surface area contributed by atoms with Crippen LogP contribution in [0.2, 0.25) is 0 Å². The highest BCUT2D eigenvalue weighted by Gasteiger charge is 2.34. The topological polar surface area (TPSA) is 77.1 Å². The molecular formula is C22H28N6O2. The van der Waals surface area contributed by atoms with Crippen LogP contribution in [0.25, 0.3) is 11.2 Å². The Labute approximate surface area is 175 Å². The van der Waals surface area contributed by atoms with E-state index in [-0.39, 0.29) is 11.2 Å². The zero-order chi connectivity index (χ0) is 21.3. The molecule has 8 heteroatoms. The number of hydrogen-bond donors (Lipinski definition) is 1. The zero-order valence-electron chi connectivity index (χ0n) is 17.8. The summed E-state index contributed by atoms with van der Waals surface area (Å²) in [5.74, 6) is 6.69. The first-order valence-corrected chi connectivity index (χ1v) is 10.5. The fraction of sp³-hybridized carbons (Fsp3) is 0.500. The molecule has 0 bridgehead atoms. The van der Waals surface area contributed by atoms with Gasteiger partial charge in [0.25, 0.3) is 5.56 Å². The lowest BCUT2D eigenvalue weighted by Gasteiger charge is -2.32. The first-order chi connectivity index (χ1) is 14.5. The third-order valence-corrected chi connectivity index (χ3v) is 6.12. The van der Waals surface area contributed by atoms with Gasteiger partial charge in [0.15, 0.2) is 11.2 Å². The average molecular weight is 409 g/mol. The van der Waals surface area contributed by atoms with Gasteiger partial charge in [0.1, 0.15) is 0 Å². The highest BCUT2D eigenvalue weighted by molar-refractivity contribution is 5.75. The number of fused-ring (bicyclic) bond motifs is 1. The molecule has 8 nitrogen and oxygen atoms in total. The molecule has 2 aliphatic rings. The van der Waals surface area contributed by atoms with Crippen LogP contribution in [0.3, 0.4) is 0 Å². The minimum atomic E-state index is -0.550. The normalized spacial score (nSPS) is 21.1. The standard InChI is InChI=1S/C22H28N6O2/c1-4-6-14-27-17-18(24-20(27)26-15-12-23-13-16-26)28(21(30)25(3)19(17)29)22(5-2)10-8-7-9-11-22/h7-10,23H,5,11-16H2,1-3H3. The quantitative estimate of drug-likeness (QED) is 0.763. The van der Waals surface area contributed by atoms with Crippen LogP contribution < -0.4 is 21.5 Å². The number of nitrogens with one attached hydrogen (secondary N) is 1. The van der Waals surface area contributed by atoms with Gasteiger partial charge in [0.2, 0.25) is 5.95 Å². The minimum Gasteiger partial charge on any atom is -0.340 e. The van der Waals surface area contributed by atoms with Crippen molar-refractivity contribution in [2.75, 3.05) is 31.1 Å². The summed E-state index contributed by atoms with van der Waals surface area (Å²) >= 11 is 0. The van der Waals surface area contributed by atoms with Crippen LogP contribution in [0.5, 0.6) is 0 Å². The molecule has 1 aliphatic carbocycles. The van der Waals surface area contributed by atoms with E-state index in [1.165, 1.54) is 4.57 Å². The van der Waals surface area contributed by atoms with E-state index in [4.69, 9.17) is 4.98 Å². The molecule has 4 rings (SSSR count). The molecule has 2 aromatic heterocycles. The number of allylic oxidation sites excluding steroid dienone is 4. The van der Waals surface area contributed by atoms with E-state index in [0.717, 1.165) is 26.2 Å². The van der Waals surface area contributed by atoms with Gasteiger partial charge in [-0.3, -0.25) is 18.5 Å². The first-order valence-electron chi connectivity index (χ1n) is 10.5. The average Bonchev–Trinajstić information content (AvgIpc) is 3.16. The summed E-state index contributed by atoms with van der Waals surface area (Å²) in [7, 11) is 1.54. The van der Waals surface area contributed by atoms with Crippen LogP contribution >= 0.6 is 0 Å². The summed E-state index contributed by atoms with van der Waals surface area (Å²) in [4.78, 5) is 33.6. The second kappa shape index (κ2) is 8.00. The Bertz CT molecular complexity index is 1200. The molecule has 30 heavy (non-hydrogen) atoms. The Hall–Kier alpha value is -3.05. The third kappa shape index (κ3) is 3.10. The van der Waals surface area contributed by atoms with Crippen molar-refractivity contribution < 1.29 is 0 Å². The monoisotopic (exact) mass is 408 g/mol. The summed E-state index contributed by atoms with van der Waals surface area (Å²) in [5.41, 5.74) is -0.348. The van der Waals surface area contributed by atoms with Crippen LogP contribution in [0.4, 0.5) is 5.95 Å². The molecule has 0 saturated carbocycles. The lowest BCUT2D eigenvalue weighted by molar-refractivity contribution is 0.344. The Morgan fingerprint density at radius 1 is 1.23 bits per heavy atom. The second-order valence-electron chi connectivity index (χ2n) is 7.76. The van der Waals surface area contributed by atoms with Crippen molar-refractivity contribution in [1.29, 1.82) is 0 Å². The SMILES string of the molecule is CC#CCn1c(N2CCNCC2)nc2c1c(=O)n(C)c(=O)n2C1(CC)C=CC=CC1. The molecule has 0 amide bonds. The molecule has 1 aliphatic heterocycles. The number of aromatic nitrogens is 4. The van der Waals surface area contributed by atoms with E-state index in [1.54, 1.807) is 18.5 Å². The molecule has 158 valence electrons. The maximum atomic E-state index is 13.3. The van der Waals surface area contributed by atoms with E-state index in [0.29, 0.717) is 36.5 Å². The molecule has 1 unspecified atom stereocenters. The summed E-state index contributed by atoms with van der Waals surface area (Å²) < 4.78 is 4.79. The number of piperazine rings is 1. The van der Waals surface area contributed by atoms with Crippen molar-refractivity contribution >= 4 is 17.1 Å². The lowest BCUT2D eigenvalue weighted by atomic mass is 9.88. The summed E-state index contributed by atoms with van der Waals surface area (Å²) in [6.07, 6.45) is 9.45. The molecule has 1 atom stereocenters. The molecule has 1 saturated heterocycles. The third-order valence-electron chi connectivity index (χ3n) is 6.12. The van der Waals surface area contributed by atoms with Gasteiger partial charge >= 0.3 is 5.69 Å². The Balaban J connectivity index is 2.08. The van der Waals surface area contributed by atoms with Gasteiger partial charge in [-0.1, -0.05) is 37.1 Å². The highest BCUT2D eigenvalue weighted by Crippen LogP contribution is 2.32. The predicted molar refractivity (Wildman–Crippen MR) is 119 cm³/mol. The van der Waals surface area contributed by atoms with Crippen LogP contribution in [0.1, 0.15) is 26.7 Å². The minimum absolute atomic E-state index is 0.334. The Morgan fingerprint density at radius 2 is 2.00 bits per heavy atom. The largest absolute Gasteiger partial charge is 0.340 e. The second-order valence-corrected chi connectivity index (χ2v) is 7.76. The molecule has 3 heterocycles. The lowest BCUT2D eigenvalue weighted by Crippen LogP contribution is -2.47. The van der Waals surface area contributed by atoms with Crippen molar-refractivity contribution in [3.8, 4) is 11.8 Å². The number of hydrogen-bond acceptors (Lipinski definition) is 5. The maximum absolute atomic E-state index is 13.3. The fourth-order valence-corrected chi connectivity index (χ4v) is 4.34. The number of rotatable bonds is 4. The van der Waals surface area contributed by atoms with Gasteiger partial charge in [-0.15, -0.1) is 5.92 Å². The van der Waals surface area contributed by atoms with E-state index in [2.05, 4.69) is 35.1 Å². The Morgan fingerprint density at radius 3 is 2.63 bits per heavy atom. The zero-order valence-corrected chi connectivity index (χ0v) is 17.8. The van der Waals surface area contributed by atoms with Gasteiger partial charge in [-0.2, -0.15) is 4.98 Å². The van der Waals surface area contributed by atoms with Crippen LogP contribution in [-0.2, 0) is 19.1 Å². The predicted octanol–water partition coefficient (Wildman–Crippen LogP) is 0.951. The molecule has 1 fully saturated rings. The van der Waals surface area contributed by atoms with Crippen LogP contribution in [0.15, 0.2) is 33.9 Å². The first kappa shape index (κ1) is 20.2. The van der Waals surface area contributed by atoms with Gasteiger partial charge in [0.05, 0.1) is 12.1 Å². The molecule has 0 spiro atoms. The summed E-state index contributed by atoms with van der Waals surface area (Å²) in [5, 5.41) is 3.34. The smallest absolute Gasteiger partial charge is 0.333 e. The van der Waals surface area contributed by atoms with Crippen molar-refractivity contribution in [1.82, 2.24) is 24.0 Å². The Kier molecular flexibility index (Phi) is 5.39. The fourth-order valence-electron chi connectivity index (χ4n) is 4.34. The molecule has 0 aromatic carbocycles. The van der Waals surface area contributed by atoms with Gasteiger partial charge in [0, 0.05) is 33.2 Å². The van der Waals surface area contributed by atoms with Crippen molar-refractivity contribution in [2.45, 2.75) is 38.8 Å². The van der Waals surface area contributed by atoms with Gasteiger partial charge in [-0.25, -0.2) is 4.79 Å². The molecule has 0 radical (unpaired) electrons. The number of anilines is 1. The van der Waals surface area contributed by atoms with E-state index in [9.17, 15) is 9.59 Å². The van der Waals surface area contributed by atoms with E-state index < -0.39 is 5.54 Å². The summed E-state index contributed by atoms with van der Waals surface area (Å²) in [6.45, 7) is 7.46. The van der Waals surface area contributed by atoms with Crippen LogP contribution in [-0.4, -0.2) is 44.9 Å². The van der Waals surface area contributed by atoms with Gasteiger partial charge < -0.3 is 10.2 Å². The van der Waals surface area contributed by atoms with Crippen molar-refractivity contribution in [3.63, 3.8) is 0 Å². The molecule has 1 N–H and O–H groups in total. The maximum Gasteiger partial charge on any atom is 0.333 e. The van der Waals surface area contributed by atoms with Crippen molar-refractivity contribution in [3.05, 3.63) is 45.1 Å². The summed E-state index contributed by atoms with van der Waals surface area (Å²) in [6, 6.07) is 0. The molecular weight excluding hydrogens is 380 g/mol. The highest BCUT2D eigenvalue weighted by atomic mass is 16.2. The van der Waals surface area contributed by atoms with Crippen LogP contribution in [0, 0.1) is 11.8 Å². The molecule has 2 aromatic rings. The van der Waals surface area contributed by atoms with Gasteiger partial charge in [-0.05, 0) is 19.8 Å². The van der Waals surface area contributed by atoms with E-state index in [1.807, 2.05) is 22.8 Å². The number of nitrogens with zero attached hydrogens (tertiary/aromatic N) is 5. The number of imidazole rings is 1.